The minimum atomic E-state index is 0.851. The predicted octanol–water partition coefficient (Wildman–Crippen LogP) is 4.07. The molecule has 0 aromatic heterocycles. The van der Waals surface area contributed by atoms with E-state index in [0.717, 1.165) is 11.6 Å². The largest absolute Gasteiger partial charge is 0.278 e. The van der Waals surface area contributed by atoms with E-state index in [1.807, 2.05) is 0 Å². The van der Waals surface area contributed by atoms with Gasteiger partial charge < -0.3 is 0 Å². The SMILES string of the molecule is CCN=C(SC)C(C=C(C)C)=C(C)C. The van der Waals surface area contributed by atoms with Crippen molar-refractivity contribution in [2.24, 2.45) is 4.99 Å². The van der Waals surface area contributed by atoms with Crippen LogP contribution in [0.3, 0.4) is 0 Å². The van der Waals surface area contributed by atoms with E-state index in [1.54, 1.807) is 11.8 Å². The second-order valence-electron chi connectivity index (χ2n) is 3.62. The number of thioether (sulfide) groups is 1. The molecule has 14 heavy (non-hydrogen) atoms. The number of hydrogen-bond acceptors (Lipinski definition) is 2. The topological polar surface area (TPSA) is 12.4 Å². The maximum Gasteiger partial charge on any atom is 0.0973 e. The van der Waals surface area contributed by atoms with Crippen LogP contribution in [0, 0.1) is 0 Å². The van der Waals surface area contributed by atoms with Gasteiger partial charge in [0.15, 0.2) is 0 Å². The lowest BCUT2D eigenvalue weighted by molar-refractivity contribution is 1.13. The molecule has 0 saturated heterocycles. The van der Waals surface area contributed by atoms with E-state index in [2.05, 4.69) is 51.9 Å². The van der Waals surface area contributed by atoms with Crippen LogP contribution in [-0.4, -0.2) is 17.8 Å². The fraction of sp³-hybridized carbons (Fsp3) is 0.583. The number of aliphatic imine (C=N–C) groups is 1. The predicted molar refractivity (Wildman–Crippen MR) is 69.3 cm³/mol. The molecule has 2 heteroatoms. The summed E-state index contributed by atoms with van der Waals surface area (Å²) in [5.74, 6) is 0. The lowest BCUT2D eigenvalue weighted by atomic mass is 10.1. The summed E-state index contributed by atoms with van der Waals surface area (Å²) in [6.45, 7) is 11.4. The monoisotopic (exact) mass is 211 g/mol. The molecule has 0 aliphatic rings. The van der Waals surface area contributed by atoms with Gasteiger partial charge in [-0.2, -0.15) is 0 Å². The first-order valence-corrected chi connectivity index (χ1v) is 6.16. The summed E-state index contributed by atoms with van der Waals surface area (Å²) in [6, 6.07) is 0. The van der Waals surface area contributed by atoms with Crippen LogP contribution in [0.1, 0.15) is 34.6 Å². The molecule has 0 unspecified atom stereocenters. The van der Waals surface area contributed by atoms with Crippen molar-refractivity contribution < 1.29 is 0 Å². The fourth-order valence-corrected chi connectivity index (χ4v) is 1.85. The second-order valence-corrected chi connectivity index (χ2v) is 4.41. The minimum absolute atomic E-state index is 0.851. The van der Waals surface area contributed by atoms with Crippen LogP contribution in [0.4, 0.5) is 0 Å². The Hall–Kier alpha value is -0.500. The molecule has 0 bridgehead atoms. The molecular formula is C12H21NS. The summed E-state index contributed by atoms with van der Waals surface area (Å²) in [6.07, 6.45) is 4.29. The minimum Gasteiger partial charge on any atom is -0.278 e. The molecule has 0 aliphatic heterocycles. The van der Waals surface area contributed by atoms with Crippen LogP contribution in [0.15, 0.2) is 27.8 Å². The van der Waals surface area contributed by atoms with Crippen LogP contribution in [0.5, 0.6) is 0 Å². The second kappa shape index (κ2) is 6.88. The molecule has 1 nitrogen and oxygen atoms in total. The van der Waals surface area contributed by atoms with Crippen LogP contribution in [-0.2, 0) is 0 Å². The Labute approximate surface area is 92.4 Å². The van der Waals surface area contributed by atoms with Gasteiger partial charge in [-0.1, -0.05) is 17.2 Å². The summed E-state index contributed by atoms with van der Waals surface area (Å²) < 4.78 is 0. The zero-order valence-corrected chi connectivity index (χ0v) is 11.0. The van der Waals surface area contributed by atoms with Gasteiger partial charge in [-0.15, -0.1) is 11.8 Å². The van der Waals surface area contributed by atoms with E-state index < -0.39 is 0 Å². The van der Waals surface area contributed by atoms with E-state index in [-0.39, 0.29) is 0 Å². The standard InChI is InChI=1S/C12H21NS/c1-7-13-12(14-6)11(10(4)5)8-9(2)3/h8H,7H2,1-6H3. The Morgan fingerprint density at radius 3 is 2.07 bits per heavy atom. The van der Waals surface area contributed by atoms with Crippen molar-refractivity contribution in [2.75, 3.05) is 12.8 Å². The van der Waals surface area contributed by atoms with Gasteiger partial charge in [-0.25, -0.2) is 0 Å². The maximum absolute atomic E-state index is 4.49. The quantitative estimate of drug-likeness (QED) is 0.389. The van der Waals surface area contributed by atoms with Crippen LogP contribution >= 0.6 is 11.8 Å². The Balaban J connectivity index is 5.13. The molecule has 0 fully saturated rings. The molecule has 0 spiro atoms. The number of hydrogen-bond donors (Lipinski definition) is 0. The summed E-state index contributed by atoms with van der Waals surface area (Å²) in [4.78, 5) is 4.49. The third-order valence-electron chi connectivity index (χ3n) is 1.70. The number of allylic oxidation sites excluding steroid dienone is 3. The molecule has 80 valence electrons. The molecule has 0 N–H and O–H groups in total. The van der Waals surface area contributed by atoms with Crippen molar-refractivity contribution in [1.29, 1.82) is 0 Å². The van der Waals surface area contributed by atoms with Crippen LogP contribution in [0.25, 0.3) is 0 Å². The van der Waals surface area contributed by atoms with E-state index >= 15 is 0 Å². The zero-order chi connectivity index (χ0) is 11.1. The molecule has 0 heterocycles. The average Bonchev–Trinajstić information content (AvgIpc) is 2.10. The van der Waals surface area contributed by atoms with E-state index in [9.17, 15) is 0 Å². The molecule has 0 atom stereocenters. The molecule has 0 saturated carbocycles. The number of rotatable bonds is 3. The molecule has 0 radical (unpaired) electrons. The maximum atomic E-state index is 4.49. The van der Waals surface area contributed by atoms with Gasteiger partial charge >= 0.3 is 0 Å². The smallest absolute Gasteiger partial charge is 0.0973 e. The van der Waals surface area contributed by atoms with Gasteiger partial charge in [0, 0.05) is 12.1 Å². The van der Waals surface area contributed by atoms with Crippen LogP contribution in [0.2, 0.25) is 0 Å². The molecule has 0 amide bonds. The zero-order valence-electron chi connectivity index (χ0n) is 10.1. The van der Waals surface area contributed by atoms with Gasteiger partial charge in [0.2, 0.25) is 0 Å². The lowest BCUT2D eigenvalue weighted by Crippen LogP contribution is -1.99. The molecule has 0 aromatic rings. The van der Waals surface area contributed by atoms with Gasteiger partial charge in [-0.3, -0.25) is 4.99 Å². The Kier molecular flexibility index (Phi) is 6.64. The van der Waals surface area contributed by atoms with Gasteiger partial charge in [0.05, 0.1) is 5.04 Å². The summed E-state index contributed by atoms with van der Waals surface area (Å²) in [5.41, 5.74) is 3.92. The Morgan fingerprint density at radius 1 is 1.21 bits per heavy atom. The highest BCUT2D eigenvalue weighted by atomic mass is 32.2. The fourth-order valence-electron chi connectivity index (χ4n) is 1.11. The van der Waals surface area contributed by atoms with Crippen molar-refractivity contribution in [3.05, 3.63) is 22.8 Å². The third-order valence-corrected chi connectivity index (χ3v) is 2.43. The Morgan fingerprint density at radius 2 is 1.79 bits per heavy atom. The van der Waals surface area contributed by atoms with Crippen molar-refractivity contribution in [1.82, 2.24) is 0 Å². The first-order valence-electron chi connectivity index (χ1n) is 4.94. The van der Waals surface area contributed by atoms with E-state index in [1.165, 1.54) is 16.7 Å². The van der Waals surface area contributed by atoms with E-state index in [0.29, 0.717) is 0 Å². The summed E-state index contributed by atoms with van der Waals surface area (Å²) in [7, 11) is 0. The van der Waals surface area contributed by atoms with E-state index in [4.69, 9.17) is 0 Å². The van der Waals surface area contributed by atoms with Crippen molar-refractivity contribution in [2.45, 2.75) is 34.6 Å². The molecule has 0 aliphatic carbocycles. The highest BCUT2D eigenvalue weighted by Crippen LogP contribution is 2.17. The first-order chi connectivity index (χ1) is 6.52. The molecular weight excluding hydrogens is 190 g/mol. The summed E-state index contributed by atoms with van der Waals surface area (Å²) in [5, 5.41) is 1.15. The highest BCUT2D eigenvalue weighted by molar-refractivity contribution is 8.13. The summed E-state index contributed by atoms with van der Waals surface area (Å²) >= 11 is 1.72. The Bertz CT molecular complexity index is 264. The first kappa shape index (κ1) is 13.5. The molecule has 0 aromatic carbocycles. The van der Waals surface area contributed by atoms with Crippen molar-refractivity contribution >= 4 is 16.8 Å². The highest BCUT2D eigenvalue weighted by Gasteiger charge is 2.04. The van der Waals surface area contributed by atoms with Crippen molar-refractivity contribution in [3.63, 3.8) is 0 Å². The van der Waals surface area contributed by atoms with Gasteiger partial charge in [-0.05, 0) is 40.9 Å². The van der Waals surface area contributed by atoms with Crippen LogP contribution < -0.4 is 0 Å². The lowest BCUT2D eigenvalue weighted by Gasteiger charge is -2.07. The third kappa shape index (κ3) is 4.66. The number of nitrogens with zero attached hydrogens (tertiary/aromatic N) is 1. The normalized spacial score (nSPS) is 11.1. The van der Waals surface area contributed by atoms with Crippen molar-refractivity contribution in [3.8, 4) is 0 Å². The van der Waals surface area contributed by atoms with Gasteiger partial charge in [0.1, 0.15) is 0 Å². The van der Waals surface area contributed by atoms with Gasteiger partial charge in [0.25, 0.3) is 0 Å². The average molecular weight is 211 g/mol. The molecule has 0 rings (SSSR count).